The first kappa shape index (κ1) is 16.7. The fourth-order valence-corrected chi connectivity index (χ4v) is 3.19. The summed E-state index contributed by atoms with van der Waals surface area (Å²) >= 11 is 0. The summed E-state index contributed by atoms with van der Waals surface area (Å²) in [5.41, 5.74) is -0.170. The number of hydrogen-bond acceptors (Lipinski definition) is 4. The molecule has 2 saturated carbocycles. The Morgan fingerprint density at radius 1 is 1.38 bits per heavy atom. The second kappa shape index (κ2) is 6.76. The fraction of sp³-hybridized carbons (Fsp3) is 0.588. The number of nitrogens with zero attached hydrogens (tertiary/aromatic N) is 2. The van der Waals surface area contributed by atoms with Gasteiger partial charge in [0.1, 0.15) is 5.56 Å². The molecule has 7 nitrogen and oxygen atoms in total. The quantitative estimate of drug-likeness (QED) is 0.756. The maximum absolute atomic E-state index is 12.2. The van der Waals surface area contributed by atoms with Gasteiger partial charge in [-0.15, -0.1) is 0 Å². The van der Waals surface area contributed by atoms with Crippen molar-refractivity contribution >= 4 is 11.9 Å². The predicted octanol–water partition coefficient (Wildman–Crippen LogP) is 0.443. The van der Waals surface area contributed by atoms with E-state index in [0.29, 0.717) is 5.92 Å². The van der Waals surface area contributed by atoms with Crippen LogP contribution in [0.5, 0.6) is 0 Å². The summed E-state index contributed by atoms with van der Waals surface area (Å²) in [5.74, 6) is -0.534. The Bertz CT molecular complexity index is 689. The van der Waals surface area contributed by atoms with Crippen molar-refractivity contribution in [3.05, 3.63) is 34.2 Å². The molecule has 2 fully saturated rings. The molecule has 2 aliphatic carbocycles. The Kier molecular flexibility index (Phi) is 4.71. The van der Waals surface area contributed by atoms with E-state index >= 15 is 0 Å². The minimum atomic E-state index is -0.809. The Morgan fingerprint density at radius 2 is 2.08 bits per heavy atom. The van der Waals surface area contributed by atoms with Crippen molar-refractivity contribution in [1.29, 1.82) is 0 Å². The van der Waals surface area contributed by atoms with Crippen molar-refractivity contribution in [1.82, 2.24) is 14.8 Å². The van der Waals surface area contributed by atoms with E-state index in [-0.39, 0.29) is 35.7 Å². The standard InChI is InChI=1S/C17H23N3O4/c1-19-6-2-3-14(17(19)24)16(23)18-12-7-13(8-12)20(10-15(21)22)9-11-4-5-11/h2-3,6,11-13H,4-5,7-10H2,1H3,(H,18,23)(H,21,22). The molecule has 0 aromatic carbocycles. The molecule has 1 aromatic heterocycles. The third kappa shape index (κ3) is 3.84. The molecular formula is C17H23N3O4. The molecule has 0 aliphatic heterocycles. The predicted molar refractivity (Wildman–Crippen MR) is 87.9 cm³/mol. The number of hydrogen-bond donors (Lipinski definition) is 2. The highest BCUT2D eigenvalue weighted by Gasteiger charge is 2.37. The topological polar surface area (TPSA) is 91.6 Å². The van der Waals surface area contributed by atoms with Crippen LogP contribution in [-0.4, -0.2) is 51.6 Å². The maximum Gasteiger partial charge on any atom is 0.317 e. The van der Waals surface area contributed by atoms with E-state index in [1.165, 1.54) is 23.5 Å². The molecular weight excluding hydrogens is 310 g/mol. The van der Waals surface area contributed by atoms with Crippen LogP contribution in [0.3, 0.4) is 0 Å². The van der Waals surface area contributed by atoms with E-state index in [0.717, 1.165) is 19.4 Å². The number of nitrogens with one attached hydrogen (secondary N) is 1. The third-order valence-electron chi connectivity index (χ3n) is 4.86. The second-order valence-electron chi connectivity index (χ2n) is 6.90. The number of aliphatic carboxylic acids is 1. The molecule has 0 unspecified atom stereocenters. The summed E-state index contributed by atoms with van der Waals surface area (Å²) in [7, 11) is 1.61. The zero-order valence-electron chi connectivity index (χ0n) is 13.8. The van der Waals surface area contributed by atoms with Crippen LogP contribution < -0.4 is 10.9 Å². The van der Waals surface area contributed by atoms with Crippen molar-refractivity contribution in [2.75, 3.05) is 13.1 Å². The van der Waals surface area contributed by atoms with Gasteiger partial charge in [0.25, 0.3) is 11.5 Å². The minimum Gasteiger partial charge on any atom is -0.480 e. The van der Waals surface area contributed by atoms with Gasteiger partial charge in [-0.05, 0) is 43.7 Å². The molecule has 1 aromatic rings. The van der Waals surface area contributed by atoms with Gasteiger partial charge in [0.05, 0.1) is 6.54 Å². The van der Waals surface area contributed by atoms with Crippen molar-refractivity contribution in [3.63, 3.8) is 0 Å². The van der Waals surface area contributed by atoms with Crippen LogP contribution in [0, 0.1) is 5.92 Å². The molecule has 1 amide bonds. The van der Waals surface area contributed by atoms with Crippen LogP contribution in [0.15, 0.2) is 23.1 Å². The molecule has 2 N–H and O–H groups in total. The third-order valence-corrected chi connectivity index (χ3v) is 4.86. The lowest BCUT2D eigenvalue weighted by atomic mass is 9.85. The molecule has 7 heteroatoms. The summed E-state index contributed by atoms with van der Waals surface area (Å²) in [6.07, 6.45) is 5.44. The lowest BCUT2D eigenvalue weighted by Gasteiger charge is -2.42. The number of carbonyl (C=O) groups excluding carboxylic acids is 1. The Balaban J connectivity index is 1.53. The first-order valence-electron chi connectivity index (χ1n) is 8.36. The van der Waals surface area contributed by atoms with Crippen LogP contribution in [0.25, 0.3) is 0 Å². The summed E-state index contributed by atoms with van der Waals surface area (Å²) in [5, 5.41) is 11.9. The fourth-order valence-electron chi connectivity index (χ4n) is 3.19. The van der Waals surface area contributed by atoms with Gasteiger partial charge in [0.2, 0.25) is 0 Å². The number of aromatic nitrogens is 1. The van der Waals surface area contributed by atoms with Gasteiger partial charge < -0.3 is 15.0 Å². The molecule has 0 atom stereocenters. The molecule has 0 saturated heterocycles. The van der Waals surface area contributed by atoms with Crippen LogP contribution in [0.4, 0.5) is 0 Å². The van der Waals surface area contributed by atoms with Gasteiger partial charge in [0.15, 0.2) is 0 Å². The number of amides is 1. The van der Waals surface area contributed by atoms with Gasteiger partial charge in [0, 0.05) is 31.9 Å². The van der Waals surface area contributed by atoms with E-state index in [9.17, 15) is 14.4 Å². The van der Waals surface area contributed by atoms with Crippen molar-refractivity contribution < 1.29 is 14.7 Å². The van der Waals surface area contributed by atoms with Crippen LogP contribution in [0.2, 0.25) is 0 Å². The second-order valence-corrected chi connectivity index (χ2v) is 6.90. The van der Waals surface area contributed by atoms with Gasteiger partial charge in [-0.1, -0.05) is 0 Å². The Labute approximate surface area is 140 Å². The number of pyridine rings is 1. The number of carboxylic acids is 1. The molecule has 0 radical (unpaired) electrons. The SMILES string of the molecule is Cn1cccc(C(=O)NC2CC(N(CC(=O)O)CC3CC3)C2)c1=O. The molecule has 0 bridgehead atoms. The Hall–Kier alpha value is -2.15. The number of carbonyl (C=O) groups is 2. The van der Waals surface area contributed by atoms with Crippen molar-refractivity contribution in [3.8, 4) is 0 Å². The highest BCUT2D eigenvalue weighted by molar-refractivity contribution is 5.94. The summed E-state index contributed by atoms with van der Waals surface area (Å²) in [4.78, 5) is 37.2. The van der Waals surface area contributed by atoms with Gasteiger partial charge >= 0.3 is 5.97 Å². The number of aryl methyl sites for hydroxylation is 1. The largest absolute Gasteiger partial charge is 0.480 e. The van der Waals surface area contributed by atoms with Crippen LogP contribution in [0.1, 0.15) is 36.0 Å². The molecule has 2 aliphatic rings. The van der Waals surface area contributed by atoms with Gasteiger partial charge in [-0.2, -0.15) is 0 Å². The number of rotatable bonds is 7. The first-order chi connectivity index (χ1) is 11.4. The molecule has 130 valence electrons. The smallest absolute Gasteiger partial charge is 0.317 e. The van der Waals surface area contributed by atoms with E-state index < -0.39 is 5.97 Å². The summed E-state index contributed by atoms with van der Waals surface area (Å²) in [6, 6.07) is 3.40. The molecule has 1 heterocycles. The average Bonchev–Trinajstić information content (AvgIpc) is 3.28. The highest BCUT2D eigenvalue weighted by atomic mass is 16.4. The first-order valence-corrected chi connectivity index (χ1v) is 8.36. The zero-order valence-corrected chi connectivity index (χ0v) is 13.8. The highest BCUT2D eigenvalue weighted by Crippen LogP contribution is 2.33. The van der Waals surface area contributed by atoms with Crippen LogP contribution >= 0.6 is 0 Å². The maximum atomic E-state index is 12.2. The summed E-state index contributed by atoms with van der Waals surface area (Å²) < 4.78 is 1.38. The van der Waals surface area contributed by atoms with Gasteiger partial charge in [-0.25, -0.2) is 0 Å². The average molecular weight is 333 g/mol. The van der Waals surface area contributed by atoms with Crippen LogP contribution in [-0.2, 0) is 11.8 Å². The number of carboxylic acid groups (broad SMARTS) is 1. The van der Waals surface area contributed by atoms with E-state index in [4.69, 9.17) is 5.11 Å². The Morgan fingerprint density at radius 3 is 2.71 bits per heavy atom. The molecule has 0 spiro atoms. The zero-order chi connectivity index (χ0) is 17.3. The van der Waals surface area contributed by atoms with Crippen molar-refractivity contribution in [2.24, 2.45) is 13.0 Å². The molecule has 24 heavy (non-hydrogen) atoms. The normalized spacial score (nSPS) is 22.9. The molecule has 3 rings (SSSR count). The lowest BCUT2D eigenvalue weighted by molar-refractivity contribution is -0.139. The van der Waals surface area contributed by atoms with Gasteiger partial charge in [-0.3, -0.25) is 19.3 Å². The van der Waals surface area contributed by atoms with E-state index in [1.807, 2.05) is 4.90 Å². The van der Waals surface area contributed by atoms with Crippen molar-refractivity contribution in [2.45, 2.75) is 37.8 Å². The monoisotopic (exact) mass is 333 g/mol. The van der Waals surface area contributed by atoms with E-state index in [1.54, 1.807) is 19.3 Å². The van der Waals surface area contributed by atoms with E-state index in [2.05, 4.69) is 5.32 Å². The lowest BCUT2D eigenvalue weighted by Crippen LogP contribution is -2.55. The summed E-state index contributed by atoms with van der Waals surface area (Å²) in [6.45, 7) is 0.887. The minimum absolute atomic E-state index is 0.00269.